The van der Waals surface area contributed by atoms with Gasteiger partial charge in [0.15, 0.2) is 0 Å². The van der Waals surface area contributed by atoms with E-state index in [4.69, 9.17) is 4.99 Å². The molecule has 0 N–H and O–H groups in total. The fourth-order valence-electron chi connectivity index (χ4n) is 4.84. The highest BCUT2D eigenvalue weighted by Gasteiger charge is 2.15. The van der Waals surface area contributed by atoms with E-state index in [0.29, 0.717) is 0 Å². The van der Waals surface area contributed by atoms with Gasteiger partial charge in [-0.15, -0.1) is 0 Å². The highest BCUT2D eigenvalue weighted by Crippen LogP contribution is 2.29. The van der Waals surface area contributed by atoms with Gasteiger partial charge in [-0.2, -0.15) is 0 Å². The van der Waals surface area contributed by atoms with Gasteiger partial charge >= 0.3 is 0 Å². The van der Waals surface area contributed by atoms with E-state index in [1.165, 1.54) is 58.5 Å². The third kappa shape index (κ3) is 7.08. The van der Waals surface area contributed by atoms with Gasteiger partial charge in [0, 0.05) is 43.9 Å². The molecule has 3 rings (SSSR count). The van der Waals surface area contributed by atoms with Crippen LogP contribution in [0.5, 0.6) is 0 Å². The normalized spacial score (nSPS) is 21.6. The number of fused-ring (bicyclic) bond motifs is 1. The van der Waals surface area contributed by atoms with Crippen molar-refractivity contribution in [3.8, 4) is 0 Å². The predicted octanol–water partition coefficient (Wildman–Crippen LogP) is 7.77. The van der Waals surface area contributed by atoms with Crippen LogP contribution in [0, 0.1) is 13.8 Å². The van der Waals surface area contributed by atoms with Crippen LogP contribution in [0.4, 0.5) is 0 Å². The van der Waals surface area contributed by atoms with E-state index in [1.54, 1.807) is 0 Å². The van der Waals surface area contributed by atoms with Crippen LogP contribution in [-0.4, -0.2) is 30.2 Å². The maximum atomic E-state index is 5.08. The Morgan fingerprint density at radius 3 is 2.47 bits per heavy atom. The average molecular weight is 431 g/mol. The molecule has 0 bridgehead atoms. The summed E-state index contributed by atoms with van der Waals surface area (Å²) in [6, 6.07) is 4.50. The largest absolute Gasteiger partial charge is 0.375 e. The van der Waals surface area contributed by atoms with Crippen LogP contribution in [0.15, 0.2) is 60.3 Å². The van der Waals surface area contributed by atoms with Crippen molar-refractivity contribution < 1.29 is 0 Å². The number of likely N-dealkylation sites (tertiary alicyclic amines) is 1. The Morgan fingerprint density at radius 1 is 0.938 bits per heavy atom. The maximum Gasteiger partial charge on any atom is 0.0447 e. The van der Waals surface area contributed by atoms with E-state index >= 15 is 0 Å². The first-order valence-electron chi connectivity index (χ1n) is 12.6. The van der Waals surface area contributed by atoms with Crippen molar-refractivity contribution in [1.82, 2.24) is 4.90 Å². The number of piperidine rings is 1. The number of hydrogen-bond acceptors (Lipinski definition) is 2. The molecule has 1 heterocycles. The van der Waals surface area contributed by atoms with E-state index in [2.05, 4.69) is 68.3 Å². The Morgan fingerprint density at radius 2 is 1.66 bits per heavy atom. The van der Waals surface area contributed by atoms with Crippen molar-refractivity contribution in [2.24, 2.45) is 4.99 Å². The smallest absolute Gasteiger partial charge is 0.0447 e. The first-order chi connectivity index (χ1) is 15.6. The molecule has 1 saturated heterocycles. The van der Waals surface area contributed by atoms with E-state index < -0.39 is 0 Å². The molecule has 0 aromatic heterocycles. The molecule has 2 aliphatic rings. The minimum atomic E-state index is 0.816. The molecule has 2 nitrogen and oxygen atoms in total. The molecular weight excluding hydrogens is 388 g/mol. The van der Waals surface area contributed by atoms with Crippen LogP contribution >= 0.6 is 0 Å². The third-order valence-corrected chi connectivity index (χ3v) is 6.81. The standard InChI is InChI=1S/C30H42N2/c1-24-17-18-26(3)30-25(2)15-11-8-6-5-7-9-12-16-28(23-29(24)30)31-20-19-27(4)32-21-13-10-14-22-32/h5-6,12,16-18H,2,4,7-11,13-15,19-23H2,1,3H3/b6-5-,16-12+,31-28?. The number of aryl methyl sites for hydroxylation is 2. The molecule has 0 unspecified atom stereocenters. The van der Waals surface area contributed by atoms with Crippen LogP contribution in [-0.2, 0) is 6.42 Å². The van der Waals surface area contributed by atoms with Gasteiger partial charge in [0.05, 0.1) is 0 Å². The Labute approximate surface area is 196 Å². The second kappa shape index (κ2) is 12.6. The third-order valence-electron chi connectivity index (χ3n) is 6.81. The molecule has 1 aromatic carbocycles. The van der Waals surface area contributed by atoms with Gasteiger partial charge < -0.3 is 4.90 Å². The topological polar surface area (TPSA) is 15.6 Å². The minimum absolute atomic E-state index is 0.816. The number of hydrogen-bond donors (Lipinski definition) is 0. The van der Waals surface area contributed by atoms with Crippen molar-refractivity contribution in [3.63, 3.8) is 0 Å². The number of nitrogens with zero attached hydrogens (tertiary/aromatic N) is 2. The quantitative estimate of drug-likeness (QED) is 0.445. The first-order valence-corrected chi connectivity index (χ1v) is 12.6. The molecule has 1 fully saturated rings. The summed E-state index contributed by atoms with van der Waals surface area (Å²) >= 11 is 0. The lowest BCUT2D eigenvalue weighted by atomic mass is 9.87. The molecule has 32 heavy (non-hydrogen) atoms. The van der Waals surface area contributed by atoms with Gasteiger partial charge in [0.25, 0.3) is 0 Å². The summed E-state index contributed by atoms with van der Waals surface area (Å²) in [6.45, 7) is 16.4. The molecule has 0 atom stereocenters. The fraction of sp³-hybridized carbons (Fsp3) is 0.500. The monoisotopic (exact) mass is 430 g/mol. The summed E-state index contributed by atoms with van der Waals surface area (Å²) in [5.41, 5.74) is 9.15. The van der Waals surface area contributed by atoms with E-state index in [9.17, 15) is 0 Å². The molecule has 1 aromatic rings. The molecule has 2 heteroatoms. The molecule has 0 spiro atoms. The lowest BCUT2D eigenvalue weighted by Crippen LogP contribution is -2.28. The molecule has 0 saturated carbocycles. The number of allylic oxidation sites excluding steroid dienone is 5. The Balaban J connectivity index is 1.81. The molecule has 172 valence electrons. The first kappa shape index (κ1) is 24.3. The summed E-state index contributed by atoms with van der Waals surface area (Å²) in [4.78, 5) is 7.54. The Bertz CT molecular complexity index is 878. The summed E-state index contributed by atoms with van der Waals surface area (Å²) < 4.78 is 0. The van der Waals surface area contributed by atoms with E-state index in [0.717, 1.165) is 64.6 Å². The van der Waals surface area contributed by atoms with Crippen molar-refractivity contribution in [1.29, 1.82) is 0 Å². The summed E-state index contributed by atoms with van der Waals surface area (Å²) in [5.74, 6) is 0. The zero-order valence-corrected chi connectivity index (χ0v) is 20.5. The lowest BCUT2D eigenvalue weighted by molar-refractivity contribution is 0.279. The molecule has 1 aliphatic carbocycles. The summed E-state index contributed by atoms with van der Waals surface area (Å²) in [6.07, 6.45) is 20.5. The number of benzene rings is 1. The highest BCUT2D eigenvalue weighted by molar-refractivity contribution is 5.97. The SMILES string of the molecule is C=C1CCC/C=C\CC/C=C/C(=NCCC(=C)N2CCCCC2)Cc2c(C)ccc(C)c21. The second-order valence-corrected chi connectivity index (χ2v) is 9.41. The highest BCUT2D eigenvalue weighted by atomic mass is 15.1. The van der Waals surface area contributed by atoms with E-state index in [-0.39, 0.29) is 0 Å². The zero-order chi connectivity index (χ0) is 22.8. The predicted molar refractivity (Wildman–Crippen MR) is 142 cm³/mol. The molecular formula is C30H42N2. The van der Waals surface area contributed by atoms with Gasteiger partial charge in [-0.3, -0.25) is 4.99 Å². The van der Waals surface area contributed by atoms with Crippen molar-refractivity contribution in [2.75, 3.05) is 19.6 Å². The van der Waals surface area contributed by atoms with Crippen molar-refractivity contribution in [2.45, 2.75) is 78.1 Å². The Kier molecular flexibility index (Phi) is 9.59. The summed E-state index contributed by atoms with van der Waals surface area (Å²) in [5, 5.41) is 0. The van der Waals surface area contributed by atoms with Crippen LogP contribution in [0.1, 0.15) is 80.0 Å². The minimum Gasteiger partial charge on any atom is -0.375 e. The van der Waals surface area contributed by atoms with Gasteiger partial charge in [-0.25, -0.2) is 0 Å². The van der Waals surface area contributed by atoms with Crippen LogP contribution < -0.4 is 0 Å². The van der Waals surface area contributed by atoms with Crippen molar-refractivity contribution >= 4 is 11.3 Å². The Hall–Kier alpha value is -2.35. The number of aliphatic imine (C=N–C) groups is 1. The lowest BCUT2D eigenvalue weighted by Gasteiger charge is -2.30. The molecule has 1 aliphatic heterocycles. The van der Waals surface area contributed by atoms with Gasteiger partial charge in [-0.05, 0) is 99.1 Å². The maximum absolute atomic E-state index is 5.08. The molecule has 0 radical (unpaired) electrons. The molecule has 0 amide bonds. The number of rotatable bonds is 4. The summed E-state index contributed by atoms with van der Waals surface area (Å²) in [7, 11) is 0. The average Bonchev–Trinajstić information content (AvgIpc) is 2.80. The van der Waals surface area contributed by atoms with E-state index in [1.807, 2.05) is 0 Å². The van der Waals surface area contributed by atoms with Crippen LogP contribution in [0.3, 0.4) is 0 Å². The zero-order valence-electron chi connectivity index (χ0n) is 20.5. The van der Waals surface area contributed by atoms with Gasteiger partial charge in [0.1, 0.15) is 0 Å². The van der Waals surface area contributed by atoms with Crippen LogP contribution in [0.2, 0.25) is 0 Å². The van der Waals surface area contributed by atoms with Crippen molar-refractivity contribution in [3.05, 3.63) is 77.5 Å². The van der Waals surface area contributed by atoms with Gasteiger partial charge in [-0.1, -0.05) is 43.5 Å². The van der Waals surface area contributed by atoms with Gasteiger partial charge in [0.2, 0.25) is 0 Å². The van der Waals surface area contributed by atoms with Crippen LogP contribution in [0.25, 0.3) is 5.57 Å². The second-order valence-electron chi connectivity index (χ2n) is 9.41. The fourth-order valence-corrected chi connectivity index (χ4v) is 4.84.